The van der Waals surface area contributed by atoms with E-state index in [1.54, 1.807) is 30.3 Å². The molecule has 0 saturated carbocycles. The van der Waals surface area contributed by atoms with E-state index in [9.17, 15) is 13.6 Å². The van der Waals surface area contributed by atoms with Crippen LogP contribution >= 0.6 is 12.4 Å². The Morgan fingerprint density at radius 2 is 2.00 bits per heavy atom. The molecule has 1 amide bonds. The standard InChI is InChI=1S/C18H20F2N2O3.ClH/c1-2-8-24-15-7-6-13(16(10-15)25-18(19)20)11-22-17(23)12-4-3-5-14(21)9-12;/h3-7,9-10,18H,2,8,11,21H2,1H3,(H,22,23);1H. The van der Waals surface area contributed by atoms with E-state index >= 15 is 0 Å². The monoisotopic (exact) mass is 386 g/mol. The first-order valence-corrected chi connectivity index (χ1v) is 7.84. The zero-order valence-electron chi connectivity index (χ0n) is 14.2. The molecule has 0 fully saturated rings. The van der Waals surface area contributed by atoms with Crippen LogP contribution in [0.5, 0.6) is 11.5 Å². The summed E-state index contributed by atoms with van der Waals surface area (Å²) in [5, 5.41) is 2.66. The highest BCUT2D eigenvalue weighted by molar-refractivity contribution is 5.94. The van der Waals surface area contributed by atoms with E-state index in [-0.39, 0.29) is 30.6 Å². The van der Waals surface area contributed by atoms with Gasteiger partial charge in [-0.25, -0.2) is 0 Å². The number of nitrogen functional groups attached to an aromatic ring is 1. The molecular formula is C18H21ClF2N2O3. The SMILES string of the molecule is CCCOc1ccc(CNC(=O)c2cccc(N)c2)c(OC(F)F)c1.Cl. The van der Waals surface area contributed by atoms with Crippen LogP contribution in [-0.2, 0) is 6.54 Å². The molecule has 0 aromatic heterocycles. The van der Waals surface area contributed by atoms with Gasteiger partial charge >= 0.3 is 6.61 Å². The van der Waals surface area contributed by atoms with Gasteiger partial charge in [0.05, 0.1) is 6.61 Å². The number of nitrogens with two attached hydrogens (primary N) is 1. The fourth-order valence-corrected chi connectivity index (χ4v) is 2.15. The van der Waals surface area contributed by atoms with Gasteiger partial charge in [0.2, 0.25) is 0 Å². The number of ether oxygens (including phenoxy) is 2. The number of rotatable bonds is 8. The Bertz CT molecular complexity index is 729. The second kappa shape index (κ2) is 10.5. The molecule has 0 spiro atoms. The Kier molecular flexibility index (Phi) is 8.64. The van der Waals surface area contributed by atoms with Crippen molar-refractivity contribution in [1.29, 1.82) is 0 Å². The summed E-state index contributed by atoms with van der Waals surface area (Å²) >= 11 is 0. The highest BCUT2D eigenvalue weighted by Crippen LogP contribution is 2.26. The molecule has 0 aliphatic heterocycles. The molecule has 0 aliphatic rings. The molecular weight excluding hydrogens is 366 g/mol. The maximum Gasteiger partial charge on any atom is 0.387 e. The number of anilines is 1. The van der Waals surface area contributed by atoms with Crippen LogP contribution in [0.1, 0.15) is 29.3 Å². The molecule has 26 heavy (non-hydrogen) atoms. The average molecular weight is 387 g/mol. The van der Waals surface area contributed by atoms with Gasteiger partial charge < -0.3 is 20.5 Å². The minimum absolute atomic E-state index is 0. The molecule has 0 aliphatic carbocycles. The smallest absolute Gasteiger partial charge is 0.387 e. The summed E-state index contributed by atoms with van der Waals surface area (Å²) in [6.45, 7) is -0.523. The summed E-state index contributed by atoms with van der Waals surface area (Å²) in [4.78, 5) is 12.1. The highest BCUT2D eigenvalue weighted by atomic mass is 35.5. The first kappa shape index (κ1) is 21.5. The number of alkyl halides is 2. The summed E-state index contributed by atoms with van der Waals surface area (Å²) in [6, 6.07) is 11.1. The Balaban J connectivity index is 0.00000338. The highest BCUT2D eigenvalue weighted by Gasteiger charge is 2.13. The van der Waals surface area contributed by atoms with Crippen LogP contribution in [0.25, 0.3) is 0 Å². The first-order chi connectivity index (χ1) is 12.0. The van der Waals surface area contributed by atoms with Gasteiger partial charge in [-0.2, -0.15) is 8.78 Å². The lowest BCUT2D eigenvalue weighted by Gasteiger charge is -2.14. The topological polar surface area (TPSA) is 73.6 Å². The summed E-state index contributed by atoms with van der Waals surface area (Å²) in [6.07, 6.45) is 0.795. The van der Waals surface area contributed by atoms with Gasteiger partial charge in [0.1, 0.15) is 11.5 Å². The van der Waals surface area contributed by atoms with Gasteiger partial charge in [0.25, 0.3) is 5.91 Å². The van der Waals surface area contributed by atoms with Crippen molar-refractivity contribution in [2.45, 2.75) is 26.5 Å². The van der Waals surface area contributed by atoms with Gasteiger partial charge in [-0.05, 0) is 36.8 Å². The van der Waals surface area contributed by atoms with Gasteiger partial charge in [-0.3, -0.25) is 4.79 Å². The van der Waals surface area contributed by atoms with Crippen molar-refractivity contribution >= 4 is 24.0 Å². The number of carbonyl (C=O) groups excluding carboxylic acids is 1. The number of benzene rings is 2. The average Bonchev–Trinajstić information content (AvgIpc) is 2.58. The zero-order chi connectivity index (χ0) is 18.2. The summed E-state index contributed by atoms with van der Waals surface area (Å²) in [7, 11) is 0. The third kappa shape index (κ3) is 6.40. The second-order valence-corrected chi connectivity index (χ2v) is 5.30. The molecule has 0 bridgehead atoms. The summed E-state index contributed by atoms with van der Waals surface area (Å²) in [5.41, 5.74) is 6.91. The molecule has 8 heteroatoms. The molecule has 2 aromatic rings. The number of amides is 1. The quantitative estimate of drug-likeness (QED) is 0.672. The van der Waals surface area contributed by atoms with Crippen LogP contribution in [0.2, 0.25) is 0 Å². The largest absolute Gasteiger partial charge is 0.493 e. The van der Waals surface area contributed by atoms with Crippen molar-refractivity contribution in [2.24, 2.45) is 0 Å². The van der Waals surface area contributed by atoms with Crippen molar-refractivity contribution in [3.63, 3.8) is 0 Å². The number of nitrogens with one attached hydrogen (secondary N) is 1. The van der Waals surface area contributed by atoms with Gasteiger partial charge in [0.15, 0.2) is 0 Å². The molecule has 0 unspecified atom stereocenters. The van der Waals surface area contributed by atoms with Crippen LogP contribution in [-0.4, -0.2) is 19.1 Å². The van der Waals surface area contributed by atoms with Gasteiger partial charge in [-0.15, -0.1) is 12.4 Å². The van der Waals surface area contributed by atoms with E-state index in [0.717, 1.165) is 6.42 Å². The minimum atomic E-state index is -2.97. The summed E-state index contributed by atoms with van der Waals surface area (Å²) < 4.78 is 35.2. The van der Waals surface area contributed by atoms with Gasteiger partial charge in [0, 0.05) is 29.4 Å². The molecule has 3 N–H and O–H groups in total. The maximum absolute atomic E-state index is 12.6. The molecule has 0 saturated heterocycles. The van der Waals surface area contributed by atoms with Crippen LogP contribution in [0.15, 0.2) is 42.5 Å². The normalized spacial score (nSPS) is 10.2. The van der Waals surface area contributed by atoms with E-state index in [1.807, 2.05) is 6.92 Å². The van der Waals surface area contributed by atoms with Crippen LogP contribution in [0, 0.1) is 0 Å². The van der Waals surface area contributed by atoms with Crippen LogP contribution < -0.4 is 20.5 Å². The Morgan fingerprint density at radius 1 is 1.23 bits per heavy atom. The fourth-order valence-electron chi connectivity index (χ4n) is 2.15. The Morgan fingerprint density at radius 3 is 2.65 bits per heavy atom. The molecule has 0 atom stereocenters. The second-order valence-electron chi connectivity index (χ2n) is 5.30. The van der Waals surface area contributed by atoms with Crippen LogP contribution in [0.3, 0.4) is 0 Å². The lowest BCUT2D eigenvalue weighted by Crippen LogP contribution is -2.23. The molecule has 2 aromatic carbocycles. The molecule has 0 radical (unpaired) electrons. The number of hydrogen-bond acceptors (Lipinski definition) is 4. The van der Waals surface area contributed by atoms with E-state index in [4.69, 9.17) is 10.5 Å². The Labute approximate surface area is 156 Å². The molecule has 5 nitrogen and oxygen atoms in total. The van der Waals surface area contributed by atoms with Crippen LogP contribution in [0.4, 0.5) is 14.5 Å². The van der Waals surface area contributed by atoms with Gasteiger partial charge in [-0.1, -0.05) is 13.0 Å². The summed E-state index contributed by atoms with van der Waals surface area (Å²) in [5.74, 6) is 0.0431. The van der Waals surface area contributed by atoms with E-state index in [1.165, 1.54) is 12.1 Å². The van der Waals surface area contributed by atoms with E-state index in [2.05, 4.69) is 10.1 Å². The number of halogens is 3. The molecule has 2 rings (SSSR count). The predicted octanol–water partition coefficient (Wildman–Crippen LogP) is 4.01. The van der Waals surface area contributed by atoms with Crippen molar-refractivity contribution in [1.82, 2.24) is 5.32 Å². The minimum Gasteiger partial charge on any atom is -0.493 e. The lowest BCUT2D eigenvalue weighted by atomic mass is 10.1. The maximum atomic E-state index is 12.6. The van der Waals surface area contributed by atoms with Crippen molar-refractivity contribution in [3.05, 3.63) is 53.6 Å². The Hall–Kier alpha value is -2.54. The van der Waals surface area contributed by atoms with E-state index in [0.29, 0.717) is 29.2 Å². The van der Waals surface area contributed by atoms with Crippen molar-refractivity contribution < 1.29 is 23.0 Å². The first-order valence-electron chi connectivity index (χ1n) is 7.84. The third-order valence-electron chi connectivity index (χ3n) is 3.32. The van der Waals surface area contributed by atoms with Crippen molar-refractivity contribution in [2.75, 3.05) is 12.3 Å². The molecule has 142 valence electrons. The predicted molar refractivity (Wildman–Crippen MR) is 98.1 cm³/mol. The van der Waals surface area contributed by atoms with E-state index < -0.39 is 6.61 Å². The third-order valence-corrected chi connectivity index (χ3v) is 3.32. The molecule has 0 heterocycles. The number of hydrogen-bond donors (Lipinski definition) is 2. The fraction of sp³-hybridized carbons (Fsp3) is 0.278. The zero-order valence-corrected chi connectivity index (χ0v) is 15.0. The van der Waals surface area contributed by atoms with Crippen molar-refractivity contribution in [3.8, 4) is 11.5 Å². The number of carbonyl (C=O) groups is 1. The lowest BCUT2D eigenvalue weighted by molar-refractivity contribution is -0.0505.